The predicted octanol–water partition coefficient (Wildman–Crippen LogP) is 23.3. The fraction of sp³-hybridized carbons (Fsp3) is 0.735. The van der Waals surface area contributed by atoms with Gasteiger partial charge in [-0.25, -0.2) is 9.13 Å². The second-order valence-corrected chi connectivity index (χ2v) is 29.5. The van der Waals surface area contributed by atoms with E-state index in [9.17, 15) is 43.2 Å². The molecule has 0 fully saturated rings. The summed E-state index contributed by atoms with van der Waals surface area (Å²) in [6, 6.07) is 0. The molecule has 0 rings (SSSR count). The van der Waals surface area contributed by atoms with Gasteiger partial charge < -0.3 is 33.8 Å². The maximum atomic E-state index is 13.1. The number of aliphatic hydroxyl groups is 1. The Kier molecular flexibility index (Phi) is 71.8. The van der Waals surface area contributed by atoms with Crippen LogP contribution in [0.15, 0.2) is 109 Å². The third-order valence-electron chi connectivity index (χ3n) is 16.7. The van der Waals surface area contributed by atoms with E-state index in [0.717, 1.165) is 161 Å². The fourth-order valence-electron chi connectivity index (χ4n) is 10.6. The second-order valence-electron chi connectivity index (χ2n) is 26.6. The van der Waals surface area contributed by atoms with Gasteiger partial charge >= 0.3 is 39.5 Å². The molecule has 3 N–H and O–H groups in total. The Balaban J connectivity index is 5.42. The minimum atomic E-state index is -4.99. The minimum Gasteiger partial charge on any atom is -0.462 e. The van der Waals surface area contributed by atoms with Crippen molar-refractivity contribution in [2.75, 3.05) is 39.6 Å². The van der Waals surface area contributed by atoms with Crippen molar-refractivity contribution >= 4 is 39.5 Å². The third kappa shape index (κ3) is 74.0. The van der Waals surface area contributed by atoms with E-state index >= 15 is 0 Å². The summed E-state index contributed by atoms with van der Waals surface area (Å²) in [6.07, 6.45) is 80.8. The van der Waals surface area contributed by atoms with Crippen molar-refractivity contribution in [3.05, 3.63) is 109 Å². The van der Waals surface area contributed by atoms with Crippen LogP contribution in [0.3, 0.4) is 0 Å². The Hall–Kier alpha value is -4.28. The van der Waals surface area contributed by atoms with Gasteiger partial charge in [0.1, 0.15) is 19.3 Å². The molecule has 0 aliphatic carbocycles. The van der Waals surface area contributed by atoms with E-state index in [-0.39, 0.29) is 25.7 Å². The Labute approximate surface area is 619 Å². The summed E-state index contributed by atoms with van der Waals surface area (Å²) in [5.74, 6) is -2.28. The molecule has 19 heteroatoms. The van der Waals surface area contributed by atoms with Crippen molar-refractivity contribution in [2.45, 2.75) is 354 Å². The summed E-state index contributed by atoms with van der Waals surface area (Å²) in [5, 5.41) is 10.6. The zero-order valence-corrected chi connectivity index (χ0v) is 66.0. The van der Waals surface area contributed by atoms with Crippen LogP contribution in [0.2, 0.25) is 0 Å². The molecule has 0 amide bonds. The van der Waals surface area contributed by atoms with Crippen molar-refractivity contribution < 1.29 is 80.2 Å². The first-order chi connectivity index (χ1) is 49.7. The molecule has 102 heavy (non-hydrogen) atoms. The van der Waals surface area contributed by atoms with Crippen LogP contribution >= 0.6 is 15.6 Å². The fourth-order valence-corrected chi connectivity index (χ4v) is 12.2. The van der Waals surface area contributed by atoms with Crippen molar-refractivity contribution in [1.82, 2.24) is 0 Å². The highest BCUT2D eigenvalue weighted by atomic mass is 31.2. The van der Waals surface area contributed by atoms with E-state index in [1.54, 1.807) is 0 Å². The maximum Gasteiger partial charge on any atom is 0.472 e. The molecule has 0 aromatic rings. The van der Waals surface area contributed by atoms with Gasteiger partial charge in [-0.2, -0.15) is 0 Å². The lowest BCUT2D eigenvalue weighted by Crippen LogP contribution is -2.30. The molecule has 0 saturated heterocycles. The third-order valence-corrected chi connectivity index (χ3v) is 18.6. The van der Waals surface area contributed by atoms with Crippen molar-refractivity contribution in [3.63, 3.8) is 0 Å². The normalized spacial score (nSPS) is 14.5. The molecule has 0 radical (unpaired) electrons. The summed E-state index contributed by atoms with van der Waals surface area (Å²) in [5.41, 5.74) is 0. The van der Waals surface area contributed by atoms with Crippen LogP contribution in [0.5, 0.6) is 0 Å². The summed E-state index contributed by atoms with van der Waals surface area (Å²) in [6.45, 7) is 4.65. The van der Waals surface area contributed by atoms with Crippen LogP contribution in [-0.2, 0) is 65.4 Å². The van der Waals surface area contributed by atoms with Gasteiger partial charge in [0.15, 0.2) is 12.2 Å². The van der Waals surface area contributed by atoms with Gasteiger partial charge in [0.2, 0.25) is 0 Å². The number of hydrogen-bond donors (Lipinski definition) is 3. The number of esters is 4. The summed E-state index contributed by atoms with van der Waals surface area (Å²) in [7, 11) is -9.98. The van der Waals surface area contributed by atoms with E-state index in [0.29, 0.717) is 32.1 Å². The van der Waals surface area contributed by atoms with Gasteiger partial charge in [-0.3, -0.25) is 37.3 Å². The molecule has 588 valence electrons. The first kappa shape index (κ1) is 97.7. The molecule has 2 unspecified atom stereocenters. The van der Waals surface area contributed by atoms with Crippen LogP contribution in [0.1, 0.15) is 336 Å². The average Bonchev–Trinajstić information content (AvgIpc) is 0.920. The highest BCUT2D eigenvalue weighted by Crippen LogP contribution is 2.45. The molecule has 17 nitrogen and oxygen atoms in total. The summed E-state index contributed by atoms with van der Waals surface area (Å²) < 4.78 is 68.5. The van der Waals surface area contributed by atoms with Crippen LogP contribution in [0, 0.1) is 0 Å². The average molecular weight is 1480 g/mol. The standard InChI is InChI=1S/C83H144O17P2/c1-5-9-13-17-21-25-29-33-36-37-38-39-42-44-48-52-56-60-64-68-81(86)94-74-79(100-83(88)70-66-62-58-54-50-46-41-35-31-27-23-19-15-11-7-3)76-98-102(91,92)96-72-77(84)71-95-101(89,90)97-75-78(73-93-80(85)67-63-59-55-51-47-43-32-28-24-20-16-12-8-4)99-82(87)69-65-61-57-53-49-45-40-34-30-26-22-18-14-10-6-2/h9,13,21,25,27-28,31-34,36,38-40,44,48,56,60,77-79,84H,5-8,10-12,14-20,22-24,26,29-30,35,37,41-43,45-47,49-55,57-59,61-76H2,1-4H3,(H,89,90)(H,91,92)/b13-9-,25-21-,31-27-,32-28-,36-33-,39-38-,40-34-,48-44-,60-56-/t77-,78+,79+/m0/s1. The maximum absolute atomic E-state index is 13.1. The van der Waals surface area contributed by atoms with E-state index in [4.69, 9.17) is 37.0 Å². The highest BCUT2D eigenvalue weighted by molar-refractivity contribution is 7.47. The first-order valence-electron chi connectivity index (χ1n) is 40.1. The molecule has 0 spiro atoms. The van der Waals surface area contributed by atoms with Crippen molar-refractivity contribution in [3.8, 4) is 0 Å². The lowest BCUT2D eigenvalue weighted by atomic mass is 10.1. The first-order valence-corrected chi connectivity index (χ1v) is 43.1. The molecule has 5 atom stereocenters. The number of phosphoric acid groups is 2. The van der Waals surface area contributed by atoms with Crippen LogP contribution in [0.25, 0.3) is 0 Å². The quantitative estimate of drug-likeness (QED) is 0.0169. The largest absolute Gasteiger partial charge is 0.472 e. The molecule has 0 aliphatic rings. The van der Waals surface area contributed by atoms with Gasteiger partial charge in [-0.05, 0) is 141 Å². The lowest BCUT2D eigenvalue weighted by Gasteiger charge is -2.21. The molecule has 0 heterocycles. The van der Waals surface area contributed by atoms with Gasteiger partial charge in [0, 0.05) is 25.7 Å². The summed E-state index contributed by atoms with van der Waals surface area (Å²) >= 11 is 0. The lowest BCUT2D eigenvalue weighted by molar-refractivity contribution is -0.161. The highest BCUT2D eigenvalue weighted by Gasteiger charge is 2.30. The second kappa shape index (κ2) is 75.0. The molecule has 0 aliphatic heterocycles. The number of unbranched alkanes of at least 4 members (excludes halogenated alkanes) is 31. The Morgan fingerprint density at radius 1 is 0.284 bits per heavy atom. The molecule has 0 aromatic heterocycles. The Bertz CT molecular complexity index is 2360. The van der Waals surface area contributed by atoms with Gasteiger partial charge in [0.25, 0.3) is 0 Å². The van der Waals surface area contributed by atoms with E-state index < -0.39 is 97.5 Å². The van der Waals surface area contributed by atoms with E-state index in [1.165, 1.54) is 89.9 Å². The topological polar surface area (TPSA) is 237 Å². The van der Waals surface area contributed by atoms with E-state index in [1.807, 2.05) is 18.2 Å². The zero-order chi connectivity index (χ0) is 74.6. The molecular formula is C83H144O17P2. The number of allylic oxidation sites excluding steroid dienone is 18. The van der Waals surface area contributed by atoms with Crippen LogP contribution < -0.4 is 0 Å². The number of carbonyl (C=O) groups excluding carboxylic acids is 4. The van der Waals surface area contributed by atoms with Crippen LogP contribution in [-0.4, -0.2) is 96.7 Å². The molecule has 0 saturated carbocycles. The number of hydrogen-bond acceptors (Lipinski definition) is 15. The Morgan fingerprint density at radius 3 is 0.853 bits per heavy atom. The predicted molar refractivity (Wildman–Crippen MR) is 418 cm³/mol. The minimum absolute atomic E-state index is 0.0347. The Morgan fingerprint density at radius 2 is 0.529 bits per heavy atom. The number of aliphatic hydroxyl groups excluding tert-OH is 1. The molecule has 0 aromatic carbocycles. The monoisotopic (exact) mass is 1470 g/mol. The summed E-state index contributed by atoms with van der Waals surface area (Å²) in [4.78, 5) is 73.0. The zero-order valence-electron chi connectivity index (χ0n) is 64.3. The molecular weight excluding hydrogens is 1330 g/mol. The molecule has 0 bridgehead atoms. The number of phosphoric ester groups is 2. The van der Waals surface area contributed by atoms with E-state index in [2.05, 4.69) is 119 Å². The number of rotatable bonds is 75. The van der Waals surface area contributed by atoms with Crippen molar-refractivity contribution in [1.29, 1.82) is 0 Å². The van der Waals surface area contributed by atoms with Crippen molar-refractivity contribution in [2.24, 2.45) is 0 Å². The van der Waals surface area contributed by atoms with Gasteiger partial charge in [-0.15, -0.1) is 0 Å². The number of carbonyl (C=O) groups is 4. The number of ether oxygens (including phenoxy) is 4. The SMILES string of the molecule is CC/C=C\C/C=C\C/C=C\C/C=C\C/C=C\C/C=C\CCC(=O)OC[C@H](COP(=O)(O)OC[C@@H](O)COP(=O)(O)OC[C@@H](COC(=O)CCCCCCC/C=C\CCCCCC)OC(=O)CCCCCCC/C=C\CCCCCCCC)OC(=O)CCCCCCCCC/C=C\CCCCCC. The smallest absolute Gasteiger partial charge is 0.462 e. The van der Waals surface area contributed by atoms with Crippen LogP contribution in [0.4, 0.5) is 0 Å². The van der Waals surface area contributed by atoms with Gasteiger partial charge in [0.05, 0.1) is 26.4 Å². The van der Waals surface area contributed by atoms with Gasteiger partial charge in [-0.1, -0.05) is 278 Å².